The average Bonchev–Trinajstić information content (AvgIpc) is 3.27. The van der Waals surface area contributed by atoms with Gasteiger partial charge in [-0.15, -0.1) is 0 Å². The Morgan fingerprint density at radius 2 is 0.952 bits per heavy atom. The van der Waals surface area contributed by atoms with E-state index in [0.29, 0.717) is 12.8 Å². The van der Waals surface area contributed by atoms with Gasteiger partial charge in [0.15, 0.2) is 6.29 Å². The molecule has 8 N–H and O–H groups in total. The molecular formula is C51H97NO10. The number of unbranched alkanes of at least 4 members (excludes halogenated alkanes) is 27. The molecule has 0 spiro atoms. The van der Waals surface area contributed by atoms with Crippen LogP contribution in [0.25, 0.3) is 0 Å². The third kappa shape index (κ3) is 29.9. The highest BCUT2D eigenvalue weighted by molar-refractivity contribution is 5.80. The second kappa shape index (κ2) is 41.1. The Kier molecular flexibility index (Phi) is 38.8. The fourth-order valence-electron chi connectivity index (χ4n) is 8.20. The first-order chi connectivity index (χ1) is 30.2. The van der Waals surface area contributed by atoms with Crippen molar-refractivity contribution in [2.24, 2.45) is 0 Å². The van der Waals surface area contributed by atoms with Crippen molar-refractivity contribution in [1.29, 1.82) is 0 Å². The second-order valence-electron chi connectivity index (χ2n) is 18.2. The van der Waals surface area contributed by atoms with E-state index < -0.39 is 74.2 Å². The van der Waals surface area contributed by atoms with E-state index in [2.05, 4.69) is 43.5 Å². The van der Waals surface area contributed by atoms with Gasteiger partial charge in [-0.25, -0.2) is 0 Å². The van der Waals surface area contributed by atoms with Gasteiger partial charge in [0, 0.05) is 0 Å². The molecule has 0 aromatic rings. The summed E-state index contributed by atoms with van der Waals surface area (Å²) in [6.07, 6.45) is 35.3. The molecule has 1 aliphatic rings. The zero-order valence-corrected chi connectivity index (χ0v) is 39.6. The van der Waals surface area contributed by atoms with Gasteiger partial charge in [0.05, 0.1) is 25.4 Å². The summed E-state index contributed by atoms with van der Waals surface area (Å²) in [4.78, 5) is 13.1. The molecule has 0 radical (unpaired) electrons. The predicted octanol–water partition coefficient (Wildman–Crippen LogP) is 9.40. The molecule has 0 aromatic carbocycles. The molecule has 366 valence electrons. The van der Waals surface area contributed by atoms with Crippen molar-refractivity contribution in [3.05, 3.63) is 24.3 Å². The monoisotopic (exact) mass is 884 g/mol. The lowest BCUT2D eigenvalue weighted by Gasteiger charge is -2.40. The highest BCUT2D eigenvalue weighted by Crippen LogP contribution is 2.23. The summed E-state index contributed by atoms with van der Waals surface area (Å²) in [5, 5.41) is 75.7. The summed E-state index contributed by atoms with van der Waals surface area (Å²) in [7, 11) is 0. The Balaban J connectivity index is 2.38. The molecule has 0 saturated carbocycles. The molecule has 1 amide bonds. The van der Waals surface area contributed by atoms with Gasteiger partial charge in [0.2, 0.25) is 5.91 Å². The number of carbonyl (C=O) groups is 1. The topological polar surface area (TPSA) is 189 Å². The predicted molar refractivity (Wildman–Crippen MR) is 252 cm³/mol. The molecule has 1 saturated heterocycles. The van der Waals surface area contributed by atoms with E-state index in [1.165, 1.54) is 148 Å². The van der Waals surface area contributed by atoms with Crippen molar-refractivity contribution in [3.63, 3.8) is 0 Å². The van der Waals surface area contributed by atoms with Gasteiger partial charge in [0.1, 0.15) is 36.6 Å². The molecule has 62 heavy (non-hydrogen) atoms. The first-order valence-electron chi connectivity index (χ1n) is 25.7. The van der Waals surface area contributed by atoms with Crippen LogP contribution in [0.4, 0.5) is 0 Å². The fourth-order valence-corrected chi connectivity index (χ4v) is 8.20. The molecule has 0 bridgehead atoms. The van der Waals surface area contributed by atoms with Crippen molar-refractivity contribution in [2.75, 3.05) is 13.2 Å². The van der Waals surface area contributed by atoms with Crippen molar-refractivity contribution in [3.8, 4) is 0 Å². The van der Waals surface area contributed by atoms with E-state index in [4.69, 9.17) is 9.47 Å². The molecular weight excluding hydrogens is 787 g/mol. The van der Waals surface area contributed by atoms with E-state index in [1.54, 1.807) is 0 Å². The second-order valence-corrected chi connectivity index (χ2v) is 18.2. The number of rotatable bonds is 43. The van der Waals surface area contributed by atoms with Gasteiger partial charge in [-0.3, -0.25) is 4.79 Å². The van der Waals surface area contributed by atoms with Crippen molar-refractivity contribution < 1.29 is 50.0 Å². The largest absolute Gasteiger partial charge is 0.394 e. The van der Waals surface area contributed by atoms with Gasteiger partial charge >= 0.3 is 0 Å². The summed E-state index contributed by atoms with van der Waals surface area (Å²) in [6.45, 7) is 3.41. The number of hydrogen-bond acceptors (Lipinski definition) is 10. The molecule has 0 aromatic heterocycles. The molecule has 1 fully saturated rings. The van der Waals surface area contributed by atoms with Crippen LogP contribution in [0.15, 0.2) is 24.3 Å². The molecule has 9 atom stereocenters. The van der Waals surface area contributed by atoms with Gasteiger partial charge in [-0.1, -0.05) is 186 Å². The number of carbonyl (C=O) groups excluding carboxylic acids is 1. The van der Waals surface area contributed by atoms with Crippen LogP contribution in [0.1, 0.15) is 226 Å². The van der Waals surface area contributed by atoms with Crippen LogP contribution >= 0.6 is 0 Å². The first-order valence-corrected chi connectivity index (χ1v) is 25.7. The van der Waals surface area contributed by atoms with E-state index >= 15 is 0 Å². The molecule has 1 heterocycles. The first kappa shape index (κ1) is 58.6. The van der Waals surface area contributed by atoms with E-state index in [1.807, 2.05) is 0 Å². The van der Waals surface area contributed by atoms with E-state index in [9.17, 15) is 40.5 Å². The van der Waals surface area contributed by atoms with Crippen molar-refractivity contribution >= 4 is 5.91 Å². The standard InChI is InChI=1S/C51H97NO10/c1-3-5-7-9-11-13-15-17-18-19-20-21-22-23-24-25-26-27-29-30-32-34-36-38-43(54)46(56)42(41-61-51-49(59)48(58)47(57)45(40-53)62-51)52-50(60)44(55)39-37-35-33-31-28-16-14-12-10-8-6-4-2/h28,30-32,42-49,51,53-59H,3-27,29,33-41H2,1-2H3,(H,52,60)/b31-28-,32-30+. The zero-order valence-electron chi connectivity index (χ0n) is 39.6. The Labute approximate surface area is 378 Å². The van der Waals surface area contributed by atoms with Crippen LogP contribution in [0.5, 0.6) is 0 Å². The minimum Gasteiger partial charge on any atom is -0.394 e. The molecule has 11 heteroatoms. The summed E-state index contributed by atoms with van der Waals surface area (Å²) in [6, 6.07) is -1.19. The molecule has 0 aliphatic carbocycles. The van der Waals surface area contributed by atoms with Gasteiger partial charge < -0.3 is 50.5 Å². The Bertz CT molecular complexity index is 1060. The summed E-state index contributed by atoms with van der Waals surface area (Å²) in [5.41, 5.74) is 0. The van der Waals surface area contributed by atoms with Crippen LogP contribution in [0.2, 0.25) is 0 Å². The lowest BCUT2D eigenvalue weighted by Crippen LogP contribution is -2.60. The molecule has 1 aliphatic heterocycles. The van der Waals surface area contributed by atoms with Crippen LogP contribution in [0, 0.1) is 0 Å². The van der Waals surface area contributed by atoms with Crippen LogP contribution < -0.4 is 5.32 Å². The zero-order chi connectivity index (χ0) is 45.5. The summed E-state index contributed by atoms with van der Waals surface area (Å²) < 4.78 is 11.1. The summed E-state index contributed by atoms with van der Waals surface area (Å²) in [5.74, 6) is -0.722. The highest BCUT2D eigenvalue weighted by Gasteiger charge is 2.44. The third-order valence-corrected chi connectivity index (χ3v) is 12.5. The SMILES string of the molecule is CCCCCCCC/C=C\CCCCC(O)C(=O)NC(COC1OC(CO)C(O)C(O)C1O)C(O)C(O)CCC/C=C/CCCCCCCCCCCCCCCCCCCC. The lowest BCUT2D eigenvalue weighted by atomic mass is 9.98. The number of hydrogen-bond donors (Lipinski definition) is 8. The maximum absolute atomic E-state index is 13.1. The minimum atomic E-state index is -1.67. The number of allylic oxidation sites excluding steroid dienone is 4. The summed E-state index contributed by atoms with van der Waals surface area (Å²) >= 11 is 0. The lowest BCUT2D eigenvalue weighted by molar-refractivity contribution is -0.303. The van der Waals surface area contributed by atoms with E-state index in [-0.39, 0.29) is 12.8 Å². The quantitative estimate of drug-likeness (QED) is 0.0216. The average molecular weight is 884 g/mol. The van der Waals surface area contributed by atoms with Gasteiger partial charge in [-0.2, -0.15) is 0 Å². The van der Waals surface area contributed by atoms with Crippen molar-refractivity contribution in [2.45, 2.75) is 281 Å². The molecule has 1 rings (SSSR count). The number of aliphatic hydroxyl groups is 7. The van der Waals surface area contributed by atoms with Gasteiger partial charge in [0.25, 0.3) is 0 Å². The minimum absolute atomic E-state index is 0.224. The highest BCUT2D eigenvalue weighted by atomic mass is 16.7. The normalized spacial score (nSPS) is 21.5. The molecule has 11 nitrogen and oxygen atoms in total. The number of ether oxygens (including phenoxy) is 2. The van der Waals surface area contributed by atoms with Crippen LogP contribution in [-0.4, -0.2) is 110 Å². The maximum Gasteiger partial charge on any atom is 0.249 e. The third-order valence-electron chi connectivity index (χ3n) is 12.5. The Hall–Kier alpha value is -1.41. The van der Waals surface area contributed by atoms with Crippen LogP contribution in [-0.2, 0) is 14.3 Å². The van der Waals surface area contributed by atoms with E-state index in [0.717, 1.165) is 38.5 Å². The Morgan fingerprint density at radius 3 is 1.39 bits per heavy atom. The fraction of sp³-hybridized carbons (Fsp3) is 0.902. The smallest absolute Gasteiger partial charge is 0.249 e. The van der Waals surface area contributed by atoms with Crippen LogP contribution in [0.3, 0.4) is 0 Å². The maximum atomic E-state index is 13.1. The number of amides is 1. The van der Waals surface area contributed by atoms with Crippen molar-refractivity contribution in [1.82, 2.24) is 5.32 Å². The molecule has 9 unspecified atom stereocenters. The van der Waals surface area contributed by atoms with Gasteiger partial charge in [-0.05, 0) is 64.2 Å². The number of aliphatic hydroxyl groups excluding tert-OH is 7. The Morgan fingerprint density at radius 1 is 0.548 bits per heavy atom. The number of nitrogens with one attached hydrogen (secondary N) is 1.